The molecule has 0 radical (unpaired) electrons. The van der Waals surface area contributed by atoms with Crippen molar-refractivity contribution in [3.05, 3.63) is 105 Å². The second kappa shape index (κ2) is 11.1. The Bertz CT molecular complexity index is 1720. The number of benzene rings is 3. The number of nitro groups is 1. The van der Waals surface area contributed by atoms with Gasteiger partial charge in [0.1, 0.15) is 5.82 Å². The molecular weight excluding hydrogens is 569 g/mol. The number of rotatable bonds is 7. The van der Waals surface area contributed by atoms with Crippen LogP contribution in [0.5, 0.6) is 0 Å². The van der Waals surface area contributed by atoms with Gasteiger partial charge in [-0.05, 0) is 29.8 Å². The van der Waals surface area contributed by atoms with E-state index in [2.05, 4.69) is 0 Å². The second-order valence-corrected chi connectivity index (χ2v) is 12.3. The van der Waals surface area contributed by atoms with E-state index < -0.39 is 14.9 Å². The monoisotopic (exact) mass is 593 g/mol. The summed E-state index contributed by atoms with van der Waals surface area (Å²) in [4.78, 5) is 15.9. The lowest BCUT2D eigenvalue weighted by atomic mass is 9.98. The molecule has 0 N–H and O–H groups in total. The molecule has 13 heteroatoms. The predicted octanol–water partition coefficient (Wildman–Crippen LogP) is 5.23. The summed E-state index contributed by atoms with van der Waals surface area (Å²) in [6.45, 7) is 1.40. The third-order valence-corrected chi connectivity index (χ3v) is 9.74. The first-order valence-corrected chi connectivity index (χ1v) is 15.1. The van der Waals surface area contributed by atoms with Crippen LogP contribution < -0.4 is 5.01 Å². The van der Waals surface area contributed by atoms with Crippen molar-refractivity contribution < 1.29 is 22.5 Å². The van der Waals surface area contributed by atoms with Gasteiger partial charge in [0, 0.05) is 48.2 Å². The standard InChI is InChI=1S/C28H24FN5O5S2/c29-22-8-4-20(5-9-22)27-17-25(21-2-1-3-23(16-21)34(35)36)31-33(27)28-30-26(18-40-28)19-6-10-24(11-7-19)41(37,38)32-12-14-39-15-13-32/h1-11,16,18,27H,12-15,17H2/t27-/m0/s1. The average Bonchev–Trinajstić information content (AvgIpc) is 3.66. The second-order valence-electron chi connectivity index (χ2n) is 9.53. The highest BCUT2D eigenvalue weighted by Gasteiger charge is 2.32. The van der Waals surface area contributed by atoms with Gasteiger partial charge in [-0.25, -0.2) is 22.8 Å². The molecule has 1 saturated heterocycles. The molecule has 0 amide bonds. The summed E-state index contributed by atoms with van der Waals surface area (Å²) in [7, 11) is -3.61. The summed E-state index contributed by atoms with van der Waals surface area (Å²) in [6, 6.07) is 18.8. The maximum Gasteiger partial charge on any atom is 0.270 e. The van der Waals surface area contributed by atoms with Gasteiger partial charge in [-0.15, -0.1) is 11.3 Å². The van der Waals surface area contributed by atoms with Crippen LogP contribution in [0.4, 0.5) is 15.2 Å². The smallest absolute Gasteiger partial charge is 0.270 e. The molecule has 2 aliphatic rings. The van der Waals surface area contributed by atoms with E-state index >= 15 is 0 Å². The van der Waals surface area contributed by atoms with Crippen molar-refractivity contribution in [1.29, 1.82) is 0 Å². The zero-order chi connectivity index (χ0) is 28.6. The molecule has 0 unspecified atom stereocenters. The van der Waals surface area contributed by atoms with Gasteiger partial charge < -0.3 is 4.74 Å². The molecule has 2 aliphatic heterocycles. The molecule has 0 spiro atoms. The number of aromatic nitrogens is 1. The highest BCUT2D eigenvalue weighted by Crippen LogP contribution is 2.40. The summed E-state index contributed by atoms with van der Waals surface area (Å²) in [5.74, 6) is -0.353. The van der Waals surface area contributed by atoms with Crippen LogP contribution in [-0.4, -0.2) is 54.6 Å². The molecule has 0 aliphatic carbocycles. The number of hydrogen-bond donors (Lipinski definition) is 0. The highest BCUT2D eigenvalue weighted by atomic mass is 32.2. The van der Waals surface area contributed by atoms with Gasteiger partial charge in [0.15, 0.2) is 0 Å². The lowest BCUT2D eigenvalue weighted by Crippen LogP contribution is -2.40. The largest absolute Gasteiger partial charge is 0.379 e. The van der Waals surface area contributed by atoms with Gasteiger partial charge in [-0.2, -0.15) is 9.41 Å². The van der Waals surface area contributed by atoms with E-state index in [9.17, 15) is 22.9 Å². The van der Waals surface area contributed by atoms with Gasteiger partial charge in [0.25, 0.3) is 5.69 Å². The van der Waals surface area contributed by atoms with Gasteiger partial charge >= 0.3 is 0 Å². The van der Waals surface area contributed by atoms with E-state index in [4.69, 9.17) is 14.8 Å². The summed E-state index contributed by atoms with van der Waals surface area (Å²) in [5.41, 5.74) is 3.47. The molecule has 3 aromatic carbocycles. The number of anilines is 1. The van der Waals surface area contributed by atoms with Gasteiger partial charge in [0.05, 0.1) is 40.5 Å². The summed E-state index contributed by atoms with van der Waals surface area (Å²) in [6.07, 6.45) is 0.440. The minimum absolute atomic E-state index is 0.0300. The Hall–Kier alpha value is -4.04. The van der Waals surface area contributed by atoms with Crippen LogP contribution in [0.15, 0.2) is 88.2 Å². The number of sulfonamides is 1. The van der Waals surface area contributed by atoms with E-state index in [0.717, 1.165) is 11.1 Å². The van der Waals surface area contributed by atoms with Crippen molar-refractivity contribution in [2.24, 2.45) is 5.10 Å². The molecule has 10 nitrogen and oxygen atoms in total. The number of thiazole rings is 1. The summed E-state index contributed by atoms with van der Waals surface area (Å²) >= 11 is 1.37. The van der Waals surface area contributed by atoms with Crippen LogP contribution in [0.3, 0.4) is 0 Å². The lowest BCUT2D eigenvalue weighted by Gasteiger charge is -2.26. The van der Waals surface area contributed by atoms with Crippen LogP contribution in [-0.2, 0) is 14.8 Å². The SMILES string of the molecule is O=[N+]([O-])c1cccc(C2=NN(c3nc(-c4ccc(S(=O)(=O)N5CCOCC5)cc4)cs3)[C@H](c3ccc(F)cc3)C2)c1. The minimum atomic E-state index is -3.61. The normalized spacial score (nSPS) is 17.9. The van der Waals surface area contributed by atoms with Gasteiger partial charge in [-0.1, -0.05) is 36.4 Å². The van der Waals surface area contributed by atoms with Crippen molar-refractivity contribution in [1.82, 2.24) is 9.29 Å². The first-order valence-electron chi connectivity index (χ1n) is 12.8. The quantitative estimate of drug-likeness (QED) is 0.213. The predicted molar refractivity (Wildman–Crippen MR) is 153 cm³/mol. The fourth-order valence-electron chi connectivity index (χ4n) is 4.84. The molecule has 0 saturated carbocycles. The first kappa shape index (κ1) is 27.1. The van der Waals surface area contributed by atoms with E-state index in [1.807, 2.05) is 5.38 Å². The summed E-state index contributed by atoms with van der Waals surface area (Å²) in [5, 5.41) is 20.3. The maximum absolute atomic E-state index is 13.7. The number of hydrazone groups is 1. The minimum Gasteiger partial charge on any atom is -0.379 e. The fourth-order valence-corrected chi connectivity index (χ4v) is 7.08. The molecule has 210 valence electrons. The molecule has 1 fully saturated rings. The third-order valence-electron chi connectivity index (χ3n) is 7.00. The number of non-ortho nitro benzene ring substituents is 1. The first-order chi connectivity index (χ1) is 19.8. The van der Waals surface area contributed by atoms with E-state index in [1.54, 1.807) is 53.5 Å². The van der Waals surface area contributed by atoms with Crippen molar-refractivity contribution in [2.45, 2.75) is 17.4 Å². The topological polar surface area (TPSA) is 118 Å². The van der Waals surface area contributed by atoms with Crippen LogP contribution >= 0.6 is 11.3 Å². The molecule has 3 heterocycles. The number of ether oxygens (including phenoxy) is 1. The highest BCUT2D eigenvalue weighted by molar-refractivity contribution is 7.89. The van der Waals surface area contributed by atoms with Crippen LogP contribution in [0.2, 0.25) is 0 Å². The van der Waals surface area contributed by atoms with E-state index in [1.165, 1.54) is 39.9 Å². The van der Waals surface area contributed by atoms with Crippen molar-refractivity contribution >= 4 is 37.9 Å². The number of nitrogens with zero attached hydrogens (tertiary/aromatic N) is 5. The molecule has 0 bridgehead atoms. The third kappa shape index (κ3) is 5.48. The molecule has 6 rings (SSSR count). The van der Waals surface area contributed by atoms with Crippen LogP contribution in [0, 0.1) is 15.9 Å². The Morgan fingerprint density at radius 1 is 1.00 bits per heavy atom. The molecule has 41 heavy (non-hydrogen) atoms. The fraction of sp³-hybridized carbons (Fsp3) is 0.214. The number of nitro benzene ring substituents is 1. The molecular formula is C28H24FN5O5S2. The Balaban J connectivity index is 1.30. The Morgan fingerprint density at radius 3 is 2.44 bits per heavy atom. The number of halogens is 1. The molecule has 1 atom stereocenters. The Morgan fingerprint density at radius 2 is 1.73 bits per heavy atom. The van der Waals surface area contributed by atoms with E-state index in [0.29, 0.717) is 54.8 Å². The van der Waals surface area contributed by atoms with Gasteiger partial charge in [-0.3, -0.25) is 10.1 Å². The Kier molecular flexibility index (Phi) is 7.34. The van der Waals surface area contributed by atoms with Crippen LogP contribution in [0.25, 0.3) is 11.3 Å². The maximum atomic E-state index is 13.7. The molecule has 1 aromatic heterocycles. The lowest BCUT2D eigenvalue weighted by molar-refractivity contribution is -0.384. The number of hydrogen-bond acceptors (Lipinski definition) is 9. The zero-order valence-electron chi connectivity index (χ0n) is 21.6. The van der Waals surface area contributed by atoms with Gasteiger partial charge in [0.2, 0.25) is 15.2 Å². The average molecular weight is 594 g/mol. The van der Waals surface area contributed by atoms with Crippen LogP contribution in [0.1, 0.15) is 23.6 Å². The van der Waals surface area contributed by atoms with Crippen molar-refractivity contribution in [3.8, 4) is 11.3 Å². The zero-order valence-corrected chi connectivity index (χ0v) is 23.2. The van der Waals surface area contributed by atoms with Crippen molar-refractivity contribution in [2.75, 3.05) is 31.3 Å². The Labute approximate surface area is 239 Å². The number of morpholine rings is 1. The molecule has 4 aromatic rings. The summed E-state index contributed by atoms with van der Waals surface area (Å²) < 4.78 is 46.4. The van der Waals surface area contributed by atoms with E-state index in [-0.39, 0.29) is 22.4 Å². The van der Waals surface area contributed by atoms with Crippen molar-refractivity contribution in [3.63, 3.8) is 0 Å².